The number of fused-ring (bicyclic) bond motifs is 14. The number of amides is 2. The van der Waals surface area contributed by atoms with Crippen molar-refractivity contribution in [3.05, 3.63) is 305 Å². The van der Waals surface area contributed by atoms with Crippen LogP contribution in [0.25, 0.3) is 22.3 Å². The highest BCUT2D eigenvalue weighted by molar-refractivity contribution is 8.20. The zero-order valence-corrected chi connectivity index (χ0v) is 74.8. The van der Waals surface area contributed by atoms with Gasteiger partial charge in [0.25, 0.3) is 11.8 Å². The number of ether oxygens (including phenoxy) is 2. The molecular formula is C98H93ClF10N12O8S2. The highest BCUT2D eigenvalue weighted by atomic mass is 35.5. The van der Waals surface area contributed by atoms with Gasteiger partial charge in [-0.3, -0.25) is 53.1 Å². The van der Waals surface area contributed by atoms with E-state index in [2.05, 4.69) is 47.2 Å². The molecule has 1 spiro atoms. The fraction of sp³-hybridized carbons (Fsp3) is 0.357. The predicted molar refractivity (Wildman–Crippen MR) is 475 cm³/mol. The monoisotopic (exact) mass is 1850 g/mol. The van der Waals surface area contributed by atoms with Crippen LogP contribution in [-0.2, 0) is 81.7 Å². The van der Waals surface area contributed by atoms with Crippen molar-refractivity contribution in [2.75, 3.05) is 38.2 Å². The molecule has 1 saturated heterocycles. The number of Topliss-reactive ketones (excluding diaryl/α,β-unsaturated/α-hetero) is 3. The smallest absolute Gasteiger partial charge is 0.251 e. The number of aromatic amines is 1. The van der Waals surface area contributed by atoms with Crippen molar-refractivity contribution in [3.8, 4) is 33.8 Å². The average molecular weight is 1860 g/mol. The van der Waals surface area contributed by atoms with Crippen LogP contribution in [0, 0.1) is 86.3 Å². The number of aromatic nitrogens is 10. The standard InChI is InChI=1S/C31H26F4N4O2.C23H18ClF3N2O2.C18H19FN2OS2.C16H17FN2O.C8H7FN2O.C2H6O/c1-16-28-27(12-20-14-31(20,28)35)39(38-16)15-23(40)10-19(7-17-8-21(32)13-22(33)9-17)29-24(3-2-6-37-29)18-4-5-26(34)25(11-18)30(36)41;24-12-18(30)9-15(6-13-7-16(25)11-17(26)8-13)22-19(2-1-5-29-22)14-3-4-21(27)20(10-14)23(28)31;1-11-15-16(18(23-7-8-24-18)14-9-17(14,15)19)21(20-11)10-12-3-5-13(22-2)6-4-12;1-10-15-14(7-12-8-16(12,15)17)19(18-10)9-11-3-5-13(20-2)6-4-11;1-3-5-6(11-10-3)7(12)4-2-8(4,5)9;1-2-3/h2-6,8-9,11,13,19-20H,7,10,12,14-15H2,1H3,(H2,36,41);1-5,7-8,10-11,15H,6,9,12H2,(H2,28,31);3-6,14H,7-10H2,1-2H3;3-6,12H,7-9H2,1-2H3;4H,2H2,1H3,(H,10,11);3H,2H2,1H3/t19-,20?,31?;15-;;;;/m11..../s1. The number of methoxy groups -OCH3 is 2. The summed E-state index contributed by atoms with van der Waals surface area (Å²) in [6, 6.07) is 36.8. The summed E-state index contributed by atoms with van der Waals surface area (Å²) in [5.41, 5.74) is 20.1. The van der Waals surface area contributed by atoms with Gasteiger partial charge in [-0.1, -0.05) is 48.5 Å². The van der Waals surface area contributed by atoms with Crippen molar-refractivity contribution >= 4 is 64.3 Å². The Morgan fingerprint density at radius 2 is 0.992 bits per heavy atom. The molecule has 20 nitrogen and oxygen atoms in total. The van der Waals surface area contributed by atoms with Crippen molar-refractivity contribution in [3.63, 3.8) is 0 Å². The van der Waals surface area contributed by atoms with Crippen LogP contribution >= 0.6 is 35.1 Å². The van der Waals surface area contributed by atoms with Crippen LogP contribution in [0.15, 0.2) is 158 Å². The van der Waals surface area contributed by atoms with E-state index in [-0.39, 0.29) is 95.0 Å². The van der Waals surface area contributed by atoms with E-state index >= 15 is 8.78 Å². The third-order valence-corrected chi connectivity index (χ3v) is 29.6. The van der Waals surface area contributed by atoms with Gasteiger partial charge >= 0.3 is 0 Å². The van der Waals surface area contributed by atoms with Gasteiger partial charge in [-0.25, -0.2) is 43.9 Å². The Hall–Kier alpha value is -11.7. The third-order valence-electron chi connectivity index (χ3n) is 25.7. The molecule has 12 aromatic rings. The van der Waals surface area contributed by atoms with Crippen LogP contribution in [0.3, 0.4) is 0 Å². The SMILES string of the molecule is CCO.COc1ccc(Cn2nc(C)c3c2C2(SCCS2)C2CC32F)cc1.COc1ccc(Cn2nc(C)c3c2CC2CC32F)cc1.Cc1[nH]nc2c1C1(F)CC1C2=O.Cc1nn(CC(=O)C[C@@H](Cc2cc(F)cc(F)c2)c2ncccc2-c2ccc(F)c(C(N)=O)c2)c2c1C1(F)CC1C2.NC(=O)c1cc(-c2cccnc2[C@@H](CC(=O)CCl)Cc2cc(F)cc(F)c2)ccc1F. The number of rotatable bonds is 23. The topological polar surface area (TPSA) is 284 Å². The van der Waals surface area contributed by atoms with Crippen LogP contribution in [-0.4, -0.2) is 122 Å². The number of carbonyl (C=O) groups is 5. The number of aliphatic hydroxyl groups excluding tert-OH is 1. The first-order valence-corrected chi connectivity index (χ1v) is 45.4. The van der Waals surface area contributed by atoms with Gasteiger partial charge in [0.1, 0.15) is 79.0 Å². The number of benzene rings is 6. The lowest BCUT2D eigenvalue weighted by Crippen LogP contribution is -2.21. The minimum Gasteiger partial charge on any atom is -0.497 e. The Morgan fingerprint density at radius 3 is 1.45 bits per heavy atom. The summed E-state index contributed by atoms with van der Waals surface area (Å²) in [6.45, 7) is 10.6. The molecule has 33 heteroatoms. The Labute approximate surface area is 761 Å². The summed E-state index contributed by atoms with van der Waals surface area (Å²) in [7, 11) is 3.33. The van der Waals surface area contributed by atoms with Crippen molar-refractivity contribution in [1.82, 2.24) is 49.5 Å². The number of nitrogens with two attached hydrogens (primary N) is 2. The highest BCUT2D eigenvalue weighted by Crippen LogP contribution is 2.79. The highest BCUT2D eigenvalue weighted by Gasteiger charge is 2.76. The van der Waals surface area contributed by atoms with Gasteiger partial charge < -0.3 is 26.0 Å². The zero-order valence-electron chi connectivity index (χ0n) is 72.5. The summed E-state index contributed by atoms with van der Waals surface area (Å²) in [4.78, 5) is 69.2. The Balaban J connectivity index is 0.000000124. The molecule has 1 aliphatic heterocycles. The number of nitrogens with one attached hydrogen (secondary N) is 1. The maximum absolute atomic E-state index is 15.4. The average Bonchev–Trinajstić information content (AvgIpc) is 1.48. The maximum atomic E-state index is 15.4. The summed E-state index contributed by atoms with van der Waals surface area (Å²) < 4.78 is 158. The van der Waals surface area contributed by atoms with Gasteiger partial charge in [0.05, 0.1) is 90.9 Å². The number of thioether (sulfide) groups is 2. The summed E-state index contributed by atoms with van der Waals surface area (Å²) in [5, 5.41) is 27.7. The molecule has 8 aliphatic carbocycles. The fourth-order valence-corrected chi connectivity index (χ4v) is 23.5. The molecule has 0 bridgehead atoms. The lowest BCUT2D eigenvalue weighted by Gasteiger charge is -2.25. The van der Waals surface area contributed by atoms with Gasteiger partial charge in [0, 0.05) is 142 Å². The zero-order chi connectivity index (χ0) is 93.2. The number of aliphatic hydroxyl groups is 1. The van der Waals surface area contributed by atoms with E-state index in [9.17, 15) is 59.1 Å². The van der Waals surface area contributed by atoms with Crippen molar-refractivity contribution in [2.45, 2.75) is 157 Å². The number of primary amides is 2. The second-order valence-corrected chi connectivity index (χ2v) is 37.8. The number of nitrogens with zero attached hydrogens (tertiary/aromatic N) is 9. The van der Waals surface area contributed by atoms with Gasteiger partial charge in [-0.2, -0.15) is 20.4 Å². The molecule has 131 heavy (non-hydrogen) atoms. The van der Waals surface area contributed by atoms with Crippen LogP contribution in [0.2, 0.25) is 0 Å². The quantitative estimate of drug-likeness (QED) is 0.0342. The number of hydrogen-bond donors (Lipinski definition) is 4. The minimum atomic E-state index is -1.36. The summed E-state index contributed by atoms with van der Waals surface area (Å²) in [6.07, 6.45) is 6.72. The molecule has 6 N–H and O–H groups in total. The Bertz CT molecular complexity index is 6430. The van der Waals surface area contributed by atoms with Gasteiger partial charge in [-0.15, -0.1) is 35.1 Å². The number of carbonyl (C=O) groups excluding carboxylic acids is 5. The van der Waals surface area contributed by atoms with Gasteiger partial charge in [0.2, 0.25) is 0 Å². The summed E-state index contributed by atoms with van der Waals surface area (Å²) in [5.74, 6) is -4.66. The first-order chi connectivity index (χ1) is 62.6. The molecule has 2 amide bonds. The molecule has 682 valence electrons. The Morgan fingerprint density at radius 1 is 0.550 bits per heavy atom. The van der Waals surface area contributed by atoms with E-state index in [4.69, 9.17) is 42.7 Å². The predicted octanol–water partition coefficient (Wildman–Crippen LogP) is 18.5. The minimum absolute atomic E-state index is 0.0183. The molecule has 9 aliphatic rings. The molecule has 4 saturated carbocycles. The summed E-state index contributed by atoms with van der Waals surface area (Å²) >= 11 is 9.54. The molecule has 5 fully saturated rings. The van der Waals surface area contributed by atoms with Gasteiger partial charge in [-0.05, 0) is 198 Å². The normalized spacial score (nSPS) is 21.7. The van der Waals surface area contributed by atoms with Gasteiger partial charge in [0.15, 0.2) is 17.2 Å². The number of aryl methyl sites for hydroxylation is 4. The van der Waals surface area contributed by atoms with Crippen LogP contribution in [0.4, 0.5) is 43.9 Å². The van der Waals surface area contributed by atoms with E-state index in [0.29, 0.717) is 118 Å². The van der Waals surface area contributed by atoms with E-state index in [1.54, 1.807) is 63.9 Å². The third kappa shape index (κ3) is 18.2. The number of ketones is 3. The number of H-pyrrole nitrogens is 1. The molecule has 8 unspecified atom stereocenters. The number of alkyl halides is 5. The lowest BCUT2D eigenvalue weighted by atomic mass is 9.86. The molecular weight excluding hydrogens is 1760 g/mol. The van der Waals surface area contributed by atoms with Crippen molar-refractivity contribution in [2.24, 2.45) is 35.1 Å². The maximum Gasteiger partial charge on any atom is 0.251 e. The largest absolute Gasteiger partial charge is 0.497 e. The van der Waals surface area contributed by atoms with Crippen LogP contribution < -0.4 is 20.9 Å². The molecule has 6 aromatic carbocycles. The van der Waals surface area contributed by atoms with Crippen LogP contribution in [0.5, 0.6) is 11.5 Å². The van der Waals surface area contributed by atoms with Crippen molar-refractivity contribution in [1.29, 1.82) is 0 Å². The van der Waals surface area contributed by atoms with Crippen LogP contribution in [0.1, 0.15) is 184 Å². The molecule has 7 heterocycles. The van der Waals surface area contributed by atoms with E-state index in [0.717, 1.165) is 104 Å². The second-order valence-electron chi connectivity index (χ2n) is 34.5. The first-order valence-electron chi connectivity index (χ1n) is 42.9. The fourth-order valence-electron chi connectivity index (χ4n) is 19.6. The van der Waals surface area contributed by atoms with Crippen molar-refractivity contribution < 1.29 is 82.5 Å². The molecule has 10 atom stereocenters. The Kier molecular flexibility index (Phi) is 26.0. The van der Waals surface area contributed by atoms with E-state index < -0.39 is 87.1 Å². The molecule has 0 radical (unpaired) electrons. The first kappa shape index (κ1) is 92.5. The number of halogens is 11. The molecule has 21 rings (SSSR count). The van der Waals surface area contributed by atoms with E-state index in [1.807, 2.05) is 78.5 Å². The number of pyridine rings is 2. The second kappa shape index (κ2) is 36.8. The van der Waals surface area contributed by atoms with E-state index in [1.165, 1.54) is 60.9 Å². The lowest BCUT2D eigenvalue weighted by molar-refractivity contribution is -0.120. The molecule has 6 aromatic heterocycles. The number of hydrogen-bond acceptors (Lipinski definition) is 16.